The summed E-state index contributed by atoms with van der Waals surface area (Å²) in [5.74, 6) is -0.442. The van der Waals surface area contributed by atoms with Crippen LogP contribution in [0.15, 0.2) is 30.3 Å². The third-order valence-electron chi connectivity index (χ3n) is 10.4. The van der Waals surface area contributed by atoms with E-state index in [2.05, 4.69) is 20.1 Å². The minimum atomic E-state index is -0.906. The van der Waals surface area contributed by atoms with Gasteiger partial charge in [0.1, 0.15) is 41.4 Å². The molecule has 0 amide bonds. The lowest BCUT2D eigenvalue weighted by atomic mass is 9.92. The number of hydrogen-bond donors (Lipinski definition) is 2. The number of anilines is 1. The summed E-state index contributed by atoms with van der Waals surface area (Å²) in [5, 5.41) is 15.8. The number of alkyl halides is 1. The van der Waals surface area contributed by atoms with Gasteiger partial charge in [0.05, 0.1) is 18.2 Å². The van der Waals surface area contributed by atoms with E-state index in [1.807, 2.05) is 0 Å². The number of methoxy groups -OCH3 is 1. The molecule has 0 aliphatic carbocycles. The maximum Gasteiger partial charge on any atom is 0.319 e. The summed E-state index contributed by atoms with van der Waals surface area (Å²) >= 11 is 0. The van der Waals surface area contributed by atoms with Crippen molar-refractivity contribution in [1.29, 1.82) is 0 Å². The number of fused-ring (bicyclic) bond motifs is 5. The van der Waals surface area contributed by atoms with Gasteiger partial charge in [0.25, 0.3) is 0 Å². The predicted octanol–water partition coefficient (Wildman–Crippen LogP) is 5.65. The lowest BCUT2D eigenvalue weighted by Gasteiger charge is -2.35. The molecule has 3 aromatic carbocycles. The van der Waals surface area contributed by atoms with E-state index < -0.39 is 23.3 Å². The summed E-state index contributed by atoms with van der Waals surface area (Å²) < 4.78 is 58.5. The van der Waals surface area contributed by atoms with Crippen molar-refractivity contribution in [2.45, 2.75) is 62.8 Å². The first kappa shape index (κ1) is 28.6. The molecule has 2 unspecified atom stereocenters. The van der Waals surface area contributed by atoms with E-state index in [1.54, 1.807) is 19.1 Å². The SMILES string of the molecule is COc1cc2c(N3CC4CCC(C3)N4)nc(OC[C@@]34CCCN3C[C@H](F)C4)nc2c(F)c1-c1cc(O)cc2ccc(F)c(C)c12. The van der Waals surface area contributed by atoms with E-state index in [-0.39, 0.29) is 35.2 Å². The average molecular weight is 620 g/mol. The molecule has 4 aromatic rings. The molecule has 236 valence electrons. The summed E-state index contributed by atoms with van der Waals surface area (Å²) in [6.07, 6.45) is 3.39. The van der Waals surface area contributed by atoms with Gasteiger partial charge in [0.15, 0.2) is 5.82 Å². The molecule has 8 nitrogen and oxygen atoms in total. The largest absolute Gasteiger partial charge is 0.508 e. The Morgan fingerprint density at radius 1 is 1.09 bits per heavy atom. The molecule has 2 N–H and O–H groups in total. The smallest absolute Gasteiger partial charge is 0.319 e. The number of nitrogens with one attached hydrogen (secondary N) is 1. The van der Waals surface area contributed by atoms with Crippen molar-refractivity contribution < 1.29 is 27.8 Å². The number of piperazine rings is 1. The summed E-state index contributed by atoms with van der Waals surface area (Å²) in [7, 11) is 1.46. The lowest BCUT2D eigenvalue weighted by Crippen LogP contribution is -2.51. The van der Waals surface area contributed by atoms with Crippen molar-refractivity contribution in [1.82, 2.24) is 20.2 Å². The monoisotopic (exact) mass is 619 g/mol. The highest BCUT2D eigenvalue weighted by molar-refractivity contribution is 6.04. The summed E-state index contributed by atoms with van der Waals surface area (Å²) in [4.78, 5) is 13.8. The van der Waals surface area contributed by atoms with E-state index in [4.69, 9.17) is 14.5 Å². The van der Waals surface area contributed by atoms with Gasteiger partial charge in [-0.2, -0.15) is 9.97 Å². The number of benzene rings is 3. The lowest BCUT2D eigenvalue weighted by molar-refractivity contribution is 0.107. The van der Waals surface area contributed by atoms with Crippen LogP contribution in [0.4, 0.5) is 19.0 Å². The first-order valence-corrected chi connectivity index (χ1v) is 15.8. The Bertz CT molecular complexity index is 1830. The van der Waals surface area contributed by atoms with E-state index in [9.17, 15) is 13.9 Å². The Morgan fingerprint density at radius 3 is 2.67 bits per heavy atom. The van der Waals surface area contributed by atoms with Gasteiger partial charge in [-0.25, -0.2) is 13.2 Å². The fourth-order valence-corrected chi connectivity index (χ4v) is 8.31. The highest BCUT2D eigenvalue weighted by Gasteiger charge is 2.49. The van der Waals surface area contributed by atoms with Crippen molar-refractivity contribution in [3.63, 3.8) is 0 Å². The van der Waals surface area contributed by atoms with Gasteiger partial charge in [-0.05, 0) is 79.8 Å². The first-order chi connectivity index (χ1) is 21.7. The predicted molar refractivity (Wildman–Crippen MR) is 166 cm³/mol. The number of halogens is 3. The number of rotatable bonds is 6. The molecule has 4 aliphatic heterocycles. The number of aryl methyl sites for hydroxylation is 1. The molecular weight excluding hydrogens is 583 g/mol. The normalized spacial score (nSPS) is 26.2. The number of phenols is 1. The molecule has 4 fully saturated rings. The molecule has 5 heterocycles. The third-order valence-corrected chi connectivity index (χ3v) is 10.4. The second-order valence-electron chi connectivity index (χ2n) is 13.2. The van der Waals surface area contributed by atoms with Crippen LogP contribution in [-0.4, -0.2) is 83.7 Å². The molecule has 8 rings (SSSR count). The summed E-state index contributed by atoms with van der Waals surface area (Å²) in [5.41, 5.74) is 0.306. The van der Waals surface area contributed by atoms with Crippen molar-refractivity contribution in [2.24, 2.45) is 0 Å². The molecule has 11 heteroatoms. The van der Waals surface area contributed by atoms with Crippen LogP contribution in [0.2, 0.25) is 0 Å². The Kier molecular flexibility index (Phi) is 6.76. The Morgan fingerprint density at radius 2 is 1.89 bits per heavy atom. The van der Waals surface area contributed by atoms with Gasteiger partial charge in [0.2, 0.25) is 0 Å². The quantitative estimate of drug-likeness (QED) is 0.287. The van der Waals surface area contributed by atoms with Crippen LogP contribution in [-0.2, 0) is 0 Å². The van der Waals surface area contributed by atoms with E-state index in [0.717, 1.165) is 32.2 Å². The maximum atomic E-state index is 17.1. The second-order valence-corrected chi connectivity index (χ2v) is 13.2. The minimum absolute atomic E-state index is 0.0323. The van der Waals surface area contributed by atoms with Gasteiger partial charge in [-0.1, -0.05) is 6.07 Å². The molecule has 0 radical (unpaired) electrons. The van der Waals surface area contributed by atoms with Crippen LogP contribution in [0.1, 0.15) is 37.7 Å². The molecule has 1 aromatic heterocycles. The van der Waals surface area contributed by atoms with Crippen LogP contribution in [0, 0.1) is 18.6 Å². The van der Waals surface area contributed by atoms with Gasteiger partial charge in [0, 0.05) is 49.1 Å². The standard InChI is InChI=1S/C34H36F3N5O3/c1-18-26(36)7-4-19-10-23(43)11-24(28(18)19)29-27(44-2)12-25-31(30(29)37)39-33(40-32(25)41-15-21-5-6-22(16-41)38-21)45-17-34-8-3-9-42(34)14-20(35)13-34/h4,7,10-12,20-22,38,43H,3,5-6,8-9,13-17H2,1-2H3/t20-,21?,22?,34+/m1/s1. The molecule has 2 bridgehead atoms. The topological polar surface area (TPSA) is 83.0 Å². The molecule has 0 saturated carbocycles. The fourth-order valence-electron chi connectivity index (χ4n) is 8.31. The number of ether oxygens (including phenoxy) is 2. The summed E-state index contributed by atoms with van der Waals surface area (Å²) in [6.45, 7) is 4.46. The zero-order chi connectivity index (χ0) is 31.0. The third kappa shape index (κ3) is 4.65. The summed E-state index contributed by atoms with van der Waals surface area (Å²) in [6, 6.07) is 8.20. The number of hydrogen-bond acceptors (Lipinski definition) is 8. The minimum Gasteiger partial charge on any atom is -0.508 e. The van der Waals surface area contributed by atoms with E-state index in [0.29, 0.717) is 71.2 Å². The first-order valence-electron chi connectivity index (χ1n) is 15.8. The van der Waals surface area contributed by atoms with Crippen LogP contribution >= 0.6 is 0 Å². The van der Waals surface area contributed by atoms with Gasteiger partial charge >= 0.3 is 6.01 Å². The Hall–Kier alpha value is -3.83. The van der Waals surface area contributed by atoms with Crippen LogP contribution in [0.3, 0.4) is 0 Å². The van der Waals surface area contributed by atoms with Crippen LogP contribution in [0.5, 0.6) is 17.5 Å². The Balaban J connectivity index is 1.31. The number of aromatic hydroxyl groups is 1. The van der Waals surface area contributed by atoms with Crippen molar-refractivity contribution in [3.05, 3.63) is 47.5 Å². The van der Waals surface area contributed by atoms with Gasteiger partial charge < -0.3 is 24.8 Å². The second kappa shape index (κ2) is 10.6. The molecule has 4 atom stereocenters. The van der Waals surface area contributed by atoms with Crippen molar-refractivity contribution in [3.8, 4) is 28.6 Å². The average Bonchev–Trinajstić information content (AvgIpc) is 3.67. The molecular formula is C34H36F3N5O3. The van der Waals surface area contributed by atoms with E-state index in [1.165, 1.54) is 25.3 Å². The van der Waals surface area contributed by atoms with Gasteiger partial charge in [-0.3, -0.25) is 4.90 Å². The molecule has 4 saturated heterocycles. The highest BCUT2D eigenvalue weighted by Crippen LogP contribution is 2.46. The molecule has 45 heavy (non-hydrogen) atoms. The zero-order valence-corrected chi connectivity index (χ0v) is 25.4. The Labute approximate surface area is 259 Å². The van der Waals surface area contributed by atoms with Crippen LogP contribution < -0.4 is 19.7 Å². The van der Waals surface area contributed by atoms with E-state index >= 15 is 4.39 Å². The zero-order valence-electron chi connectivity index (χ0n) is 25.4. The highest BCUT2D eigenvalue weighted by atomic mass is 19.1. The van der Waals surface area contributed by atoms with Crippen molar-refractivity contribution >= 4 is 27.5 Å². The number of aromatic nitrogens is 2. The maximum absolute atomic E-state index is 17.1. The molecule has 0 spiro atoms. The number of phenolic OH excluding ortho intramolecular Hbond substituents is 1. The number of nitrogens with zero attached hydrogens (tertiary/aromatic N) is 4. The fraction of sp³-hybridized carbons (Fsp3) is 0.471. The van der Waals surface area contributed by atoms with Crippen molar-refractivity contribution in [2.75, 3.05) is 44.8 Å². The van der Waals surface area contributed by atoms with Gasteiger partial charge in [-0.15, -0.1) is 0 Å². The van der Waals surface area contributed by atoms with Crippen LogP contribution in [0.25, 0.3) is 32.8 Å². The molecule has 4 aliphatic rings.